The van der Waals surface area contributed by atoms with Gasteiger partial charge in [0.05, 0.1) is 23.2 Å². The van der Waals surface area contributed by atoms with E-state index >= 15 is 0 Å². The number of pyridine rings is 1. The highest BCUT2D eigenvalue weighted by Gasteiger charge is 2.16. The van der Waals surface area contributed by atoms with Gasteiger partial charge in [0.25, 0.3) is 0 Å². The van der Waals surface area contributed by atoms with E-state index in [0.29, 0.717) is 16.7 Å². The summed E-state index contributed by atoms with van der Waals surface area (Å²) < 4.78 is 22.2. The third-order valence-electron chi connectivity index (χ3n) is 4.23. The molecule has 0 fully saturated rings. The number of halogens is 2. The molecule has 29 heavy (non-hydrogen) atoms. The number of nitrogens with zero attached hydrogens (tertiary/aromatic N) is 3. The van der Waals surface area contributed by atoms with Gasteiger partial charge in [-0.05, 0) is 30.3 Å². The number of nitrogens with one attached hydrogen (secondary N) is 1. The maximum Gasteiger partial charge on any atom is 0.316 e. The van der Waals surface area contributed by atoms with Crippen molar-refractivity contribution < 1.29 is 13.9 Å². The third-order valence-corrected chi connectivity index (χ3v) is 4.60. The standard InChI is InChI=1S/C20H15ClFN5O2/c1-27-9-15(25-10-27)11-2-3-12-14(8-11)24-7-6-16(12)29-17-5-4-13(26-20(23)28)18(21)19(17)22/h2-10H,1H3,(H3,23,26,28). The van der Waals surface area contributed by atoms with Crippen molar-refractivity contribution in [2.75, 3.05) is 5.32 Å². The van der Waals surface area contributed by atoms with Crippen molar-refractivity contribution in [1.82, 2.24) is 14.5 Å². The Balaban J connectivity index is 1.70. The lowest BCUT2D eigenvalue weighted by Crippen LogP contribution is -2.19. The molecule has 2 aromatic carbocycles. The summed E-state index contributed by atoms with van der Waals surface area (Å²) in [5.74, 6) is -0.493. The number of benzene rings is 2. The fourth-order valence-electron chi connectivity index (χ4n) is 2.89. The van der Waals surface area contributed by atoms with E-state index in [1.165, 1.54) is 12.1 Å². The van der Waals surface area contributed by atoms with Gasteiger partial charge in [0.15, 0.2) is 11.6 Å². The second kappa shape index (κ2) is 7.40. The summed E-state index contributed by atoms with van der Waals surface area (Å²) >= 11 is 5.97. The zero-order valence-corrected chi connectivity index (χ0v) is 15.9. The number of anilines is 1. The molecule has 2 aromatic heterocycles. The first-order chi connectivity index (χ1) is 13.9. The normalized spacial score (nSPS) is 10.9. The number of carbonyl (C=O) groups is 1. The lowest BCUT2D eigenvalue weighted by molar-refractivity contribution is 0.259. The van der Waals surface area contributed by atoms with Crippen LogP contribution in [0.4, 0.5) is 14.9 Å². The maximum atomic E-state index is 14.6. The predicted octanol–water partition coefficient (Wildman–Crippen LogP) is 4.71. The first-order valence-electron chi connectivity index (χ1n) is 8.52. The van der Waals surface area contributed by atoms with E-state index in [1.807, 2.05) is 36.0 Å². The summed E-state index contributed by atoms with van der Waals surface area (Å²) in [5.41, 5.74) is 7.50. The fraction of sp³-hybridized carbons (Fsp3) is 0.0500. The number of amides is 2. The predicted molar refractivity (Wildman–Crippen MR) is 109 cm³/mol. The molecule has 0 saturated heterocycles. The lowest BCUT2D eigenvalue weighted by atomic mass is 10.1. The highest BCUT2D eigenvalue weighted by molar-refractivity contribution is 6.34. The molecule has 146 valence electrons. The van der Waals surface area contributed by atoms with Crippen LogP contribution in [0.15, 0.2) is 55.1 Å². The Hall–Kier alpha value is -3.65. The molecule has 0 aliphatic rings. The van der Waals surface area contributed by atoms with Gasteiger partial charge in [0, 0.05) is 30.4 Å². The monoisotopic (exact) mass is 411 g/mol. The van der Waals surface area contributed by atoms with Gasteiger partial charge in [-0.15, -0.1) is 0 Å². The van der Waals surface area contributed by atoms with Gasteiger partial charge >= 0.3 is 6.03 Å². The molecule has 0 unspecified atom stereocenters. The number of ether oxygens (including phenoxy) is 1. The molecule has 0 spiro atoms. The molecule has 0 radical (unpaired) electrons. The molecule has 2 heterocycles. The fourth-order valence-corrected chi connectivity index (χ4v) is 3.09. The van der Waals surface area contributed by atoms with Crippen LogP contribution in [0.3, 0.4) is 0 Å². The molecule has 3 N–H and O–H groups in total. The summed E-state index contributed by atoms with van der Waals surface area (Å²) in [6, 6.07) is 9.17. The number of hydrogen-bond acceptors (Lipinski definition) is 4. The molecule has 4 aromatic rings. The quantitative estimate of drug-likeness (QED) is 0.508. The third kappa shape index (κ3) is 3.70. The number of hydrogen-bond donors (Lipinski definition) is 2. The Bertz CT molecular complexity index is 1240. The molecule has 0 saturated carbocycles. The number of imidazole rings is 1. The second-order valence-electron chi connectivity index (χ2n) is 6.30. The van der Waals surface area contributed by atoms with Crippen molar-refractivity contribution >= 4 is 34.2 Å². The molecule has 0 bridgehead atoms. The number of carbonyl (C=O) groups excluding carboxylic acids is 1. The molecular weight excluding hydrogens is 397 g/mol. The highest BCUT2D eigenvalue weighted by Crippen LogP contribution is 2.36. The average Bonchev–Trinajstić information content (AvgIpc) is 3.13. The van der Waals surface area contributed by atoms with Crippen LogP contribution >= 0.6 is 11.6 Å². The number of fused-ring (bicyclic) bond motifs is 1. The first-order valence-corrected chi connectivity index (χ1v) is 8.89. The van der Waals surface area contributed by atoms with Crippen LogP contribution in [0.5, 0.6) is 11.5 Å². The van der Waals surface area contributed by atoms with Gasteiger partial charge in [-0.2, -0.15) is 0 Å². The zero-order valence-electron chi connectivity index (χ0n) is 15.2. The van der Waals surface area contributed by atoms with Crippen LogP contribution in [0.25, 0.3) is 22.2 Å². The Morgan fingerprint density at radius 2 is 2.03 bits per heavy atom. The summed E-state index contributed by atoms with van der Waals surface area (Å²) in [6.07, 6.45) is 5.19. The van der Waals surface area contributed by atoms with E-state index in [2.05, 4.69) is 15.3 Å². The van der Waals surface area contributed by atoms with Crippen molar-refractivity contribution in [2.45, 2.75) is 0 Å². The molecule has 2 amide bonds. The molecule has 0 aliphatic carbocycles. The second-order valence-corrected chi connectivity index (χ2v) is 6.67. The number of primary amides is 1. The summed E-state index contributed by atoms with van der Waals surface area (Å²) in [4.78, 5) is 19.7. The zero-order chi connectivity index (χ0) is 20.5. The number of aromatic nitrogens is 3. The van der Waals surface area contributed by atoms with Crippen LogP contribution in [0.2, 0.25) is 5.02 Å². The van der Waals surface area contributed by atoms with Gasteiger partial charge in [0.2, 0.25) is 0 Å². The van der Waals surface area contributed by atoms with Gasteiger partial charge in [-0.25, -0.2) is 14.2 Å². The Kier molecular flexibility index (Phi) is 4.77. The molecule has 7 nitrogen and oxygen atoms in total. The van der Waals surface area contributed by atoms with Crippen molar-refractivity contribution in [3.8, 4) is 22.8 Å². The van der Waals surface area contributed by atoms with Gasteiger partial charge < -0.3 is 20.4 Å². The Morgan fingerprint density at radius 3 is 2.76 bits per heavy atom. The highest BCUT2D eigenvalue weighted by atomic mass is 35.5. The van der Waals surface area contributed by atoms with Crippen molar-refractivity contribution in [3.63, 3.8) is 0 Å². The molecule has 4 rings (SSSR count). The van der Waals surface area contributed by atoms with Crippen molar-refractivity contribution in [3.05, 3.63) is 66.0 Å². The lowest BCUT2D eigenvalue weighted by Gasteiger charge is -2.12. The van der Waals surface area contributed by atoms with Gasteiger partial charge in [0.1, 0.15) is 10.8 Å². The molecule has 0 aliphatic heterocycles. The molecule has 0 atom stereocenters. The van der Waals surface area contributed by atoms with Crippen LogP contribution in [0, 0.1) is 5.82 Å². The average molecular weight is 412 g/mol. The number of rotatable bonds is 4. The molecule has 9 heteroatoms. The largest absolute Gasteiger partial charge is 0.453 e. The smallest absolute Gasteiger partial charge is 0.316 e. The summed E-state index contributed by atoms with van der Waals surface area (Å²) in [7, 11) is 1.89. The minimum atomic E-state index is -0.844. The van der Waals surface area contributed by atoms with Crippen LogP contribution in [0.1, 0.15) is 0 Å². The van der Waals surface area contributed by atoms with E-state index < -0.39 is 11.8 Å². The SMILES string of the molecule is Cn1cnc(-c2ccc3c(Oc4ccc(NC(N)=O)c(Cl)c4F)ccnc3c2)c1. The Morgan fingerprint density at radius 1 is 1.21 bits per heavy atom. The number of nitrogens with two attached hydrogens (primary N) is 1. The van der Waals surface area contributed by atoms with Gasteiger partial charge in [-0.3, -0.25) is 4.98 Å². The van der Waals surface area contributed by atoms with Crippen molar-refractivity contribution in [2.24, 2.45) is 12.8 Å². The van der Waals surface area contributed by atoms with E-state index in [1.54, 1.807) is 18.6 Å². The van der Waals surface area contributed by atoms with E-state index in [4.69, 9.17) is 22.1 Å². The number of aryl methyl sites for hydroxylation is 1. The maximum absolute atomic E-state index is 14.6. The van der Waals surface area contributed by atoms with Crippen LogP contribution < -0.4 is 15.8 Å². The van der Waals surface area contributed by atoms with Crippen LogP contribution in [-0.2, 0) is 7.05 Å². The topological polar surface area (TPSA) is 95.1 Å². The minimum absolute atomic E-state index is 0.0589. The van der Waals surface area contributed by atoms with Gasteiger partial charge in [-0.1, -0.05) is 17.7 Å². The summed E-state index contributed by atoms with van der Waals surface area (Å²) in [6.45, 7) is 0. The molecular formula is C20H15ClFN5O2. The Labute approximate surface area is 169 Å². The first kappa shape index (κ1) is 18.7. The van der Waals surface area contributed by atoms with E-state index in [0.717, 1.165) is 11.3 Å². The minimum Gasteiger partial charge on any atom is -0.453 e. The number of urea groups is 1. The van der Waals surface area contributed by atoms with Crippen molar-refractivity contribution in [1.29, 1.82) is 0 Å². The van der Waals surface area contributed by atoms with E-state index in [-0.39, 0.29) is 16.5 Å². The van der Waals surface area contributed by atoms with E-state index in [9.17, 15) is 9.18 Å². The van der Waals surface area contributed by atoms with Crippen LogP contribution in [-0.4, -0.2) is 20.6 Å². The summed E-state index contributed by atoms with van der Waals surface area (Å²) in [5, 5.41) is 2.65.